The Morgan fingerprint density at radius 2 is 2.00 bits per heavy atom. The van der Waals surface area contributed by atoms with Gasteiger partial charge in [-0.05, 0) is 54.7 Å². The van der Waals surface area contributed by atoms with Crippen LogP contribution in [-0.4, -0.2) is 10.9 Å². The highest BCUT2D eigenvalue weighted by molar-refractivity contribution is 6.03. The molecule has 0 atom stereocenters. The van der Waals surface area contributed by atoms with Gasteiger partial charge in [0, 0.05) is 5.56 Å². The topological polar surface area (TPSA) is 42.0 Å². The van der Waals surface area contributed by atoms with Crippen molar-refractivity contribution in [3.8, 4) is 0 Å². The summed E-state index contributed by atoms with van der Waals surface area (Å²) in [6.07, 6.45) is 3.25. The molecule has 2 aromatic rings. The molecule has 0 unspecified atom stereocenters. The van der Waals surface area contributed by atoms with E-state index in [9.17, 15) is 9.18 Å². The van der Waals surface area contributed by atoms with E-state index in [1.807, 2.05) is 12.1 Å². The highest BCUT2D eigenvalue weighted by Gasteiger charge is 2.14. The number of fused-ring (bicyclic) bond motifs is 1. The van der Waals surface area contributed by atoms with Crippen LogP contribution >= 0.6 is 0 Å². The molecule has 4 heteroatoms. The van der Waals surface area contributed by atoms with Gasteiger partial charge in [-0.25, -0.2) is 4.98 Å². The number of rotatable bonds is 2. The molecule has 0 aliphatic heterocycles. The zero-order valence-electron chi connectivity index (χ0n) is 10.3. The van der Waals surface area contributed by atoms with Crippen molar-refractivity contribution in [3.63, 3.8) is 0 Å². The summed E-state index contributed by atoms with van der Waals surface area (Å²) >= 11 is 0. The lowest BCUT2D eigenvalue weighted by atomic mass is 10.1. The first-order chi connectivity index (χ1) is 9.22. The monoisotopic (exact) mass is 256 g/mol. The number of nitrogens with zero attached hydrogens (tertiary/aromatic N) is 1. The van der Waals surface area contributed by atoms with Gasteiger partial charge >= 0.3 is 0 Å². The summed E-state index contributed by atoms with van der Waals surface area (Å²) in [7, 11) is 0. The van der Waals surface area contributed by atoms with Crippen LogP contribution in [0.2, 0.25) is 0 Å². The van der Waals surface area contributed by atoms with Gasteiger partial charge in [0.1, 0.15) is 5.82 Å². The minimum Gasteiger partial charge on any atom is -0.306 e. The van der Waals surface area contributed by atoms with Crippen LogP contribution in [0.3, 0.4) is 0 Å². The fourth-order valence-corrected chi connectivity index (χ4v) is 2.38. The molecule has 1 aromatic carbocycles. The summed E-state index contributed by atoms with van der Waals surface area (Å²) in [6, 6.07) is 10.0. The SMILES string of the molecule is O=C(Nc1cccc(F)n1)c1ccc2c(c1)CCC2. The molecule has 0 radical (unpaired) electrons. The predicted octanol–water partition coefficient (Wildman–Crippen LogP) is 2.96. The normalized spacial score (nSPS) is 13.1. The molecule has 0 bridgehead atoms. The fourth-order valence-electron chi connectivity index (χ4n) is 2.38. The number of pyridine rings is 1. The van der Waals surface area contributed by atoms with Gasteiger partial charge in [-0.1, -0.05) is 12.1 Å². The van der Waals surface area contributed by atoms with Crippen LogP contribution < -0.4 is 5.32 Å². The molecule has 1 heterocycles. The van der Waals surface area contributed by atoms with Crippen molar-refractivity contribution in [2.24, 2.45) is 0 Å². The zero-order chi connectivity index (χ0) is 13.2. The van der Waals surface area contributed by atoms with Crippen LogP contribution in [0.1, 0.15) is 27.9 Å². The molecule has 1 aromatic heterocycles. The van der Waals surface area contributed by atoms with E-state index in [1.54, 1.807) is 12.1 Å². The quantitative estimate of drug-likeness (QED) is 0.839. The van der Waals surface area contributed by atoms with E-state index in [-0.39, 0.29) is 11.7 Å². The number of benzene rings is 1. The maximum Gasteiger partial charge on any atom is 0.256 e. The molecule has 1 amide bonds. The van der Waals surface area contributed by atoms with E-state index in [1.165, 1.54) is 23.3 Å². The van der Waals surface area contributed by atoms with Crippen molar-refractivity contribution < 1.29 is 9.18 Å². The van der Waals surface area contributed by atoms with Gasteiger partial charge in [-0.3, -0.25) is 4.79 Å². The summed E-state index contributed by atoms with van der Waals surface area (Å²) in [5.74, 6) is -0.634. The molecular weight excluding hydrogens is 243 g/mol. The Morgan fingerprint density at radius 1 is 1.16 bits per heavy atom. The summed E-state index contributed by atoms with van der Waals surface area (Å²) in [5, 5.41) is 2.60. The summed E-state index contributed by atoms with van der Waals surface area (Å²) in [4.78, 5) is 15.7. The number of nitrogens with one attached hydrogen (secondary N) is 1. The number of hydrogen-bond donors (Lipinski definition) is 1. The Morgan fingerprint density at radius 3 is 2.84 bits per heavy atom. The molecule has 3 rings (SSSR count). The van der Waals surface area contributed by atoms with Crippen LogP contribution in [0.15, 0.2) is 36.4 Å². The van der Waals surface area contributed by atoms with E-state index in [4.69, 9.17) is 0 Å². The number of amides is 1. The third kappa shape index (κ3) is 2.47. The van der Waals surface area contributed by atoms with Crippen molar-refractivity contribution in [1.29, 1.82) is 0 Å². The van der Waals surface area contributed by atoms with Gasteiger partial charge in [0.05, 0.1) is 0 Å². The number of aromatic nitrogens is 1. The van der Waals surface area contributed by atoms with Gasteiger partial charge in [-0.15, -0.1) is 0 Å². The standard InChI is InChI=1S/C15H13FN2O/c16-13-5-2-6-14(17-13)18-15(19)12-8-7-10-3-1-4-11(10)9-12/h2,5-9H,1,3-4H2,(H,17,18,19). The van der Waals surface area contributed by atoms with Gasteiger partial charge in [-0.2, -0.15) is 4.39 Å². The van der Waals surface area contributed by atoms with E-state index in [0.717, 1.165) is 19.3 Å². The average Bonchev–Trinajstić information content (AvgIpc) is 2.85. The smallest absolute Gasteiger partial charge is 0.256 e. The Balaban J connectivity index is 1.81. The lowest BCUT2D eigenvalue weighted by Crippen LogP contribution is -2.13. The molecule has 0 saturated carbocycles. The number of halogens is 1. The van der Waals surface area contributed by atoms with Crippen molar-refractivity contribution in [2.45, 2.75) is 19.3 Å². The first kappa shape index (κ1) is 11.8. The lowest BCUT2D eigenvalue weighted by molar-refractivity contribution is 0.102. The van der Waals surface area contributed by atoms with Gasteiger partial charge in [0.15, 0.2) is 0 Å². The summed E-state index contributed by atoms with van der Waals surface area (Å²) in [5.41, 5.74) is 3.15. The van der Waals surface area contributed by atoms with Gasteiger partial charge in [0.2, 0.25) is 5.95 Å². The first-order valence-electron chi connectivity index (χ1n) is 6.28. The van der Waals surface area contributed by atoms with Crippen LogP contribution in [0, 0.1) is 5.95 Å². The molecule has 1 aliphatic rings. The third-order valence-corrected chi connectivity index (χ3v) is 3.32. The largest absolute Gasteiger partial charge is 0.306 e. The molecular formula is C15H13FN2O. The first-order valence-corrected chi connectivity index (χ1v) is 6.28. The maximum atomic E-state index is 12.9. The number of anilines is 1. The zero-order valence-corrected chi connectivity index (χ0v) is 10.3. The Hall–Kier alpha value is -2.23. The van der Waals surface area contributed by atoms with Crippen molar-refractivity contribution in [2.75, 3.05) is 5.32 Å². The van der Waals surface area contributed by atoms with E-state index >= 15 is 0 Å². The number of aryl methyl sites for hydroxylation is 2. The fraction of sp³-hybridized carbons (Fsp3) is 0.200. The number of carbonyl (C=O) groups is 1. The highest BCUT2D eigenvalue weighted by Crippen LogP contribution is 2.23. The Labute approximate surface area is 110 Å². The van der Waals surface area contributed by atoms with Crippen LogP contribution in [0.4, 0.5) is 10.2 Å². The Kier molecular flexibility index (Phi) is 2.99. The van der Waals surface area contributed by atoms with E-state index in [2.05, 4.69) is 10.3 Å². The third-order valence-electron chi connectivity index (χ3n) is 3.32. The molecule has 0 spiro atoms. The summed E-state index contributed by atoms with van der Waals surface area (Å²) < 4.78 is 12.9. The van der Waals surface area contributed by atoms with Crippen molar-refractivity contribution in [1.82, 2.24) is 4.98 Å². The molecule has 19 heavy (non-hydrogen) atoms. The Bertz CT molecular complexity index is 640. The molecule has 1 N–H and O–H groups in total. The molecule has 1 aliphatic carbocycles. The van der Waals surface area contributed by atoms with Crippen molar-refractivity contribution in [3.05, 3.63) is 59.0 Å². The van der Waals surface area contributed by atoms with Crippen molar-refractivity contribution >= 4 is 11.7 Å². The van der Waals surface area contributed by atoms with Gasteiger partial charge < -0.3 is 5.32 Å². The van der Waals surface area contributed by atoms with Crippen LogP contribution in [-0.2, 0) is 12.8 Å². The average molecular weight is 256 g/mol. The van der Waals surface area contributed by atoms with Gasteiger partial charge in [0.25, 0.3) is 5.91 Å². The summed E-state index contributed by atoms with van der Waals surface area (Å²) in [6.45, 7) is 0. The highest BCUT2D eigenvalue weighted by atomic mass is 19.1. The second-order valence-electron chi connectivity index (χ2n) is 4.64. The molecule has 0 fully saturated rings. The number of carbonyl (C=O) groups excluding carboxylic acids is 1. The predicted molar refractivity (Wildman–Crippen MR) is 70.6 cm³/mol. The number of hydrogen-bond acceptors (Lipinski definition) is 2. The molecule has 0 saturated heterocycles. The maximum absolute atomic E-state index is 12.9. The lowest BCUT2D eigenvalue weighted by Gasteiger charge is -2.06. The minimum absolute atomic E-state index is 0.227. The van der Waals surface area contributed by atoms with Crippen LogP contribution in [0.25, 0.3) is 0 Å². The molecule has 3 nitrogen and oxygen atoms in total. The minimum atomic E-state index is -0.605. The van der Waals surface area contributed by atoms with E-state index < -0.39 is 5.95 Å². The molecule has 96 valence electrons. The van der Waals surface area contributed by atoms with E-state index in [0.29, 0.717) is 5.56 Å². The second kappa shape index (κ2) is 4.80. The van der Waals surface area contributed by atoms with Crippen LogP contribution in [0.5, 0.6) is 0 Å². The second-order valence-corrected chi connectivity index (χ2v) is 4.64.